The molecule has 0 aromatic heterocycles. The number of carbonyl (C=O) groups excluding carboxylic acids is 1. The predicted octanol–water partition coefficient (Wildman–Crippen LogP) is 3.95. The molecule has 2 N–H and O–H groups in total. The van der Waals surface area contributed by atoms with Crippen molar-refractivity contribution < 1.29 is 27.4 Å². The third-order valence-corrected chi connectivity index (χ3v) is 4.12. The second-order valence-corrected chi connectivity index (χ2v) is 5.76. The third-order valence-electron chi connectivity index (χ3n) is 4.12. The van der Waals surface area contributed by atoms with Crippen LogP contribution in [0.1, 0.15) is 25.7 Å². The van der Waals surface area contributed by atoms with Crippen molar-refractivity contribution in [3.8, 4) is 11.5 Å². The number of benzene rings is 1. The molecule has 5 nitrogen and oxygen atoms in total. The second kappa shape index (κ2) is 7.63. The molecule has 2 amide bonds. The maximum absolute atomic E-state index is 13.2. The van der Waals surface area contributed by atoms with Crippen LogP contribution in [0.15, 0.2) is 18.2 Å². The lowest BCUT2D eigenvalue weighted by molar-refractivity contribution is -0.164. The summed E-state index contributed by atoms with van der Waals surface area (Å²) in [7, 11) is 2.89. The fraction of sp³-hybridized carbons (Fsp3) is 0.562. The number of carbonyl (C=O) groups is 1. The van der Waals surface area contributed by atoms with Crippen molar-refractivity contribution in [2.75, 3.05) is 19.5 Å². The summed E-state index contributed by atoms with van der Waals surface area (Å²) in [6.07, 6.45) is -2.02. The minimum Gasteiger partial charge on any atom is -0.497 e. The van der Waals surface area contributed by atoms with Gasteiger partial charge in [-0.25, -0.2) is 4.79 Å². The smallest absolute Gasteiger partial charge is 0.408 e. The van der Waals surface area contributed by atoms with Gasteiger partial charge in [-0.3, -0.25) is 0 Å². The van der Waals surface area contributed by atoms with Gasteiger partial charge in [0.05, 0.1) is 14.2 Å². The first-order valence-electron chi connectivity index (χ1n) is 7.71. The summed E-state index contributed by atoms with van der Waals surface area (Å²) in [6, 6.07) is 1.85. The first kappa shape index (κ1) is 18.2. The molecule has 134 valence electrons. The average Bonchev–Trinajstić information content (AvgIpc) is 3.04. The SMILES string of the molecule is COc1cc(NC(=O)NC(C2CCCC2)C(F)(F)F)cc(OC)c1. The fourth-order valence-corrected chi connectivity index (χ4v) is 2.95. The van der Waals surface area contributed by atoms with Crippen LogP contribution in [0.4, 0.5) is 23.7 Å². The molecule has 1 aromatic carbocycles. The molecule has 0 aliphatic heterocycles. The van der Waals surface area contributed by atoms with E-state index in [0.717, 1.165) is 12.8 Å². The molecule has 0 bridgehead atoms. The van der Waals surface area contributed by atoms with Crippen LogP contribution in [0.2, 0.25) is 0 Å². The Morgan fingerprint density at radius 2 is 1.67 bits per heavy atom. The van der Waals surface area contributed by atoms with E-state index in [1.165, 1.54) is 26.4 Å². The number of methoxy groups -OCH3 is 2. The molecule has 0 heterocycles. The molecule has 0 saturated heterocycles. The van der Waals surface area contributed by atoms with E-state index < -0.39 is 24.2 Å². The zero-order chi connectivity index (χ0) is 17.7. The Kier molecular flexibility index (Phi) is 5.80. The Morgan fingerprint density at radius 1 is 1.12 bits per heavy atom. The van der Waals surface area contributed by atoms with E-state index in [-0.39, 0.29) is 5.69 Å². The quantitative estimate of drug-likeness (QED) is 0.849. The number of hydrogen-bond acceptors (Lipinski definition) is 3. The Morgan fingerprint density at radius 3 is 2.12 bits per heavy atom. The molecule has 1 atom stereocenters. The summed E-state index contributed by atoms with van der Waals surface area (Å²) in [6.45, 7) is 0. The standard InChI is InChI=1S/C16H21F3N2O3/c1-23-12-7-11(8-13(9-12)24-2)20-15(22)21-14(16(17,18)19)10-5-3-4-6-10/h7-10,14H,3-6H2,1-2H3,(H2,20,21,22). The van der Waals surface area contributed by atoms with E-state index in [1.54, 1.807) is 6.07 Å². The van der Waals surface area contributed by atoms with Crippen LogP contribution < -0.4 is 20.1 Å². The van der Waals surface area contributed by atoms with Crippen molar-refractivity contribution in [1.82, 2.24) is 5.32 Å². The van der Waals surface area contributed by atoms with Gasteiger partial charge in [-0.05, 0) is 18.8 Å². The highest BCUT2D eigenvalue weighted by Crippen LogP contribution is 2.35. The Balaban J connectivity index is 2.08. The molecule has 2 rings (SSSR count). The third kappa shape index (κ3) is 4.69. The van der Waals surface area contributed by atoms with Crippen LogP contribution in [0.5, 0.6) is 11.5 Å². The number of alkyl halides is 3. The normalized spacial score (nSPS) is 16.5. The van der Waals surface area contributed by atoms with E-state index >= 15 is 0 Å². The maximum atomic E-state index is 13.2. The van der Waals surface area contributed by atoms with Gasteiger partial charge in [0, 0.05) is 23.9 Å². The van der Waals surface area contributed by atoms with Gasteiger partial charge in [-0.1, -0.05) is 12.8 Å². The monoisotopic (exact) mass is 346 g/mol. The molecule has 8 heteroatoms. The summed E-state index contributed by atoms with van der Waals surface area (Å²) in [4.78, 5) is 12.0. The van der Waals surface area contributed by atoms with E-state index in [9.17, 15) is 18.0 Å². The number of urea groups is 1. The molecule has 1 aliphatic carbocycles. The van der Waals surface area contributed by atoms with Crippen molar-refractivity contribution in [3.05, 3.63) is 18.2 Å². The lowest BCUT2D eigenvalue weighted by Crippen LogP contribution is -2.50. The largest absolute Gasteiger partial charge is 0.497 e. The van der Waals surface area contributed by atoms with Crippen LogP contribution in [0.3, 0.4) is 0 Å². The van der Waals surface area contributed by atoms with Crippen LogP contribution in [0.25, 0.3) is 0 Å². The van der Waals surface area contributed by atoms with Crippen molar-refractivity contribution in [2.24, 2.45) is 5.92 Å². The van der Waals surface area contributed by atoms with Gasteiger partial charge in [0.2, 0.25) is 0 Å². The minimum absolute atomic E-state index is 0.288. The molecule has 1 unspecified atom stereocenters. The van der Waals surface area contributed by atoms with Gasteiger partial charge >= 0.3 is 12.2 Å². The summed E-state index contributed by atoms with van der Waals surface area (Å²) in [5, 5.41) is 4.47. The highest BCUT2D eigenvalue weighted by molar-refractivity contribution is 5.90. The number of nitrogens with one attached hydrogen (secondary N) is 2. The molecule has 1 aliphatic rings. The van der Waals surface area contributed by atoms with Gasteiger partial charge in [0.25, 0.3) is 0 Å². The van der Waals surface area contributed by atoms with E-state index in [2.05, 4.69) is 10.6 Å². The molecule has 1 saturated carbocycles. The number of hydrogen-bond donors (Lipinski definition) is 2. The average molecular weight is 346 g/mol. The summed E-state index contributed by atoms with van der Waals surface area (Å²) < 4.78 is 49.8. The van der Waals surface area contributed by atoms with Crippen LogP contribution in [-0.2, 0) is 0 Å². The van der Waals surface area contributed by atoms with Gasteiger partial charge in [-0.2, -0.15) is 13.2 Å². The first-order valence-corrected chi connectivity index (χ1v) is 7.71. The first-order chi connectivity index (χ1) is 11.3. The molecule has 1 fully saturated rings. The summed E-state index contributed by atoms with van der Waals surface area (Å²) in [5.74, 6) is 0.274. The highest BCUT2D eigenvalue weighted by atomic mass is 19.4. The highest BCUT2D eigenvalue weighted by Gasteiger charge is 2.46. The molecular formula is C16H21F3N2O3. The number of amides is 2. The van der Waals surface area contributed by atoms with Crippen molar-refractivity contribution in [3.63, 3.8) is 0 Å². The number of anilines is 1. The molecule has 24 heavy (non-hydrogen) atoms. The lowest BCUT2D eigenvalue weighted by Gasteiger charge is -2.27. The van der Waals surface area contributed by atoms with Gasteiger partial charge in [-0.15, -0.1) is 0 Å². The number of rotatable bonds is 5. The van der Waals surface area contributed by atoms with E-state index in [1.807, 2.05) is 0 Å². The van der Waals surface area contributed by atoms with Crippen LogP contribution in [0, 0.1) is 5.92 Å². The predicted molar refractivity (Wildman–Crippen MR) is 83.5 cm³/mol. The van der Waals surface area contributed by atoms with Gasteiger partial charge in [0.1, 0.15) is 17.5 Å². The van der Waals surface area contributed by atoms with E-state index in [4.69, 9.17) is 9.47 Å². The van der Waals surface area contributed by atoms with Crippen molar-refractivity contribution in [2.45, 2.75) is 37.9 Å². The molecule has 1 aromatic rings. The second-order valence-electron chi connectivity index (χ2n) is 5.76. The molecular weight excluding hydrogens is 325 g/mol. The van der Waals surface area contributed by atoms with Crippen LogP contribution >= 0.6 is 0 Å². The number of ether oxygens (including phenoxy) is 2. The minimum atomic E-state index is -4.47. The Bertz CT molecular complexity index is 550. The van der Waals surface area contributed by atoms with E-state index in [0.29, 0.717) is 24.3 Å². The van der Waals surface area contributed by atoms with Crippen LogP contribution in [-0.4, -0.2) is 32.5 Å². The zero-order valence-electron chi connectivity index (χ0n) is 13.6. The van der Waals surface area contributed by atoms with Crippen molar-refractivity contribution >= 4 is 11.7 Å². The van der Waals surface area contributed by atoms with Crippen molar-refractivity contribution in [1.29, 1.82) is 0 Å². The maximum Gasteiger partial charge on any atom is 0.408 e. The Labute approximate surface area is 138 Å². The summed E-state index contributed by atoms with van der Waals surface area (Å²) >= 11 is 0. The van der Waals surface area contributed by atoms with Gasteiger partial charge < -0.3 is 20.1 Å². The fourth-order valence-electron chi connectivity index (χ4n) is 2.95. The zero-order valence-corrected chi connectivity index (χ0v) is 13.6. The molecule has 0 spiro atoms. The number of halogens is 3. The Hall–Kier alpha value is -2.12. The van der Waals surface area contributed by atoms with Gasteiger partial charge in [0.15, 0.2) is 0 Å². The summed E-state index contributed by atoms with van der Waals surface area (Å²) in [5.41, 5.74) is 0.288. The topological polar surface area (TPSA) is 59.6 Å². The molecule has 0 radical (unpaired) electrons. The lowest BCUT2D eigenvalue weighted by atomic mass is 9.98.